The second-order valence-electron chi connectivity index (χ2n) is 5.15. The monoisotopic (exact) mass is 276 g/mol. The number of fused-ring (bicyclic) bond motifs is 1. The number of allylic oxidation sites excluding steroid dienone is 1. The lowest BCUT2D eigenvalue weighted by Crippen LogP contribution is -2.18. The van der Waals surface area contributed by atoms with Gasteiger partial charge in [-0.25, -0.2) is 4.79 Å². The Morgan fingerprint density at radius 3 is 2.70 bits per heavy atom. The van der Waals surface area contributed by atoms with Gasteiger partial charge in [0.1, 0.15) is 0 Å². The van der Waals surface area contributed by atoms with Crippen LogP contribution in [0.2, 0.25) is 0 Å². The summed E-state index contributed by atoms with van der Waals surface area (Å²) in [5, 5.41) is 0. The van der Waals surface area contributed by atoms with Crippen molar-refractivity contribution in [2.45, 2.75) is 26.7 Å². The van der Waals surface area contributed by atoms with Gasteiger partial charge in [-0.1, -0.05) is 0 Å². The molecule has 1 N–H and O–H groups in total. The zero-order valence-corrected chi connectivity index (χ0v) is 12.4. The molecule has 0 aliphatic heterocycles. The van der Waals surface area contributed by atoms with Crippen LogP contribution in [0.3, 0.4) is 0 Å². The smallest absolute Gasteiger partial charge is 0.340 e. The Morgan fingerprint density at radius 1 is 1.40 bits per heavy atom. The quantitative estimate of drug-likeness (QED) is 0.678. The molecule has 0 atom stereocenters. The van der Waals surface area contributed by atoms with Crippen molar-refractivity contribution in [2.75, 3.05) is 20.7 Å². The number of hydrogen-bond donors (Lipinski definition) is 1. The normalized spacial score (nSPS) is 16.2. The maximum Gasteiger partial charge on any atom is 0.340 e. The molecule has 0 spiro atoms. The molecule has 5 nitrogen and oxygen atoms in total. The van der Waals surface area contributed by atoms with Crippen LogP contribution in [0.4, 0.5) is 0 Å². The summed E-state index contributed by atoms with van der Waals surface area (Å²) in [4.78, 5) is 29.3. The van der Waals surface area contributed by atoms with Gasteiger partial charge in [0.15, 0.2) is 0 Å². The van der Waals surface area contributed by atoms with Gasteiger partial charge < -0.3 is 14.6 Å². The molecule has 5 heteroatoms. The van der Waals surface area contributed by atoms with Crippen LogP contribution in [-0.4, -0.2) is 42.3 Å². The molecule has 108 valence electrons. The molecule has 0 fully saturated rings. The van der Waals surface area contributed by atoms with Crippen LogP contribution in [0.5, 0.6) is 0 Å². The van der Waals surface area contributed by atoms with Gasteiger partial charge in [0.25, 0.3) is 0 Å². The number of nitrogens with one attached hydrogen (secondary N) is 1. The highest BCUT2D eigenvalue weighted by Crippen LogP contribution is 2.30. The molecule has 0 radical (unpaired) electrons. The van der Waals surface area contributed by atoms with Crippen molar-refractivity contribution in [2.24, 2.45) is 0 Å². The van der Waals surface area contributed by atoms with Gasteiger partial charge >= 0.3 is 5.97 Å². The van der Waals surface area contributed by atoms with E-state index in [-0.39, 0.29) is 11.8 Å². The second kappa shape index (κ2) is 5.53. The van der Waals surface area contributed by atoms with E-state index in [0.29, 0.717) is 36.4 Å². The predicted molar refractivity (Wildman–Crippen MR) is 75.9 cm³/mol. The molecule has 20 heavy (non-hydrogen) atoms. The lowest BCUT2D eigenvalue weighted by molar-refractivity contribution is 0.0524. The lowest BCUT2D eigenvalue weighted by atomic mass is 9.90. The van der Waals surface area contributed by atoms with Gasteiger partial charge in [-0.05, 0) is 32.3 Å². The fraction of sp³-hybridized carbons (Fsp3) is 0.467. The van der Waals surface area contributed by atoms with Crippen molar-refractivity contribution in [3.05, 3.63) is 34.3 Å². The zero-order valence-electron chi connectivity index (χ0n) is 12.4. The molecule has 0 saturated carbocycles. The molecule has 0 amide bonds. The summed E-state index contributed by atoms with van der Waals surface area (Å²) in [6, 6.07) is 0. The average Bonchev–Trinajstić information content (AvgIpc) is 2.70. The minimum atomic E-state index is -0.352. The van der Waals surface area contributed by atoms with E-state index in [0.717, 1.165) is 11.1 Å². The fourth-order valence-corrected chi connectivity index (χ4v) is 2.57. The van der Waals surface area contributed by atoms with Crippen molar-refractivity contribution >= 4 is 11.8 Å². The maximum absolute atomic E-state index is 12.4. The van der Waals surface area contributed by atoms with E-state index >= 15 is 0 Å². The Labute approximate surface area is 118 Å². The summed E-state index contributed by atoms with van der Waals surface area (Å²) < 4.78 is 5.07. The zero-order chi connectivity index (χ0) is 14.9. The highest BCUT2D eigenvalue weighted by molar-refractivity contribution is 6.11. The summed E-state index contributed by atoms with van der Waals surface area (Å²) in [7, 11) is 3.78. The molecule has 1 heterocycles. The van der Waals surface area contributed by atoms with Crippen molar-refractivity contribution in [1.82, 2.24) is 9.88 Å². The second-order valence-corrected chi connectivity index (χ2v) is 5.15. The molecule has 0 unspecified atom stereocenters. The van der Waals surface area contributed by atoms with Gasteiger partial charge in [-0.15, -0.1) is 0 Å². The molecule has 0 saturated heterocycles. The topological polar surface area (TPSA) is 62.4 Å². The maximum atomic E-state index is 12.4. The summed E-state index contributed by atoms with van der Waals surface area (Å²) in [5.41, 5.74) is 3.32. The van der Waals surface area contributed by atoms with Crippen LogP contribution in [0.25, 0.3) is 0 Å². The first-order chi connectivity index (χ1) is 9.45. The molecule has 1 aliphatic carbocycles. The van der Waals surface area contributed by atoms with Crippen LogP contribution in [-0.2, 0) is 11.2 Å². The highest BCUT2D eigenvalue weighted by atomic mass is 16.5. The SMILES string of the molecule is CCOC(=O)c1c(C)[nH]c2c1CC/C(=C\N(C)C)C2=O. The number of carbonyl (C=O) groups is 2. The van der Waals surface area contributed by atoms with Crippen LogP contribution < -0.4 is 0 Å². The predicted octanol–water partition coefficient (Wildman–Crippen LogP) is 2.07. The summed E-state index contributed by atoms with van der Waals surface area (Å²) in [5.74, 6) is -0.381. The Balaban J connectivity index is 2.42. The van der Waals surface area contributed by atoms with E-state index in [9.17, 15) is 9.59 Å². The van der Waals surface area contributed by atoms with Crippen molar-refractivity contribution < 1.29 is 14.3 Å². The summed E-state index contributed by atoms with van der Waals surface area (Å²) in [6.07, 6.45) is 3.17. The number of ketones is 1. The first-order valence-corrected chi connectivity index (χ1v) is 6.76. The number of Topliss-reactive ketones (excluding diaryl/α,β-unsaturated/α-hetero) is 1. The van der Waals surface area contributed by atoms with E-state index in [4.69, 9.17) is 4.74 Å². The number of aromatic amines is 1. The Hall–Kier alpha value is -2.04. The van der Waals surface area contributed by atoms with Gasteiger partial charge in [0, 0.05) is 31.6 Å². The lowest BCUT2D eigenvalue weighted by Gasteiger charge is -2.17. The molecule has 1 aromatic heterocycles. The van der Waals surface area contributed by atoms with Crippen LogP contribution in [0.1, 0.15) is 45.4 Å². The number of carbonyl (C=O) groups excluding carboxylic acids is 2. The van der Waals surface area contributed by atoms with E-state index in [1.54, 1.807) is 13.8 Å². The van der Waals surface area contributed by atoms with E-state index in [1.165, 1.54) is 0 Å². The Morgan fingerprint density at radius 2 is 2.10 bits per heavy atom. The number of aromatic nitrogens is 1. The molecular formula is C15H20N2O3. The number of hydrogen-bond acceptors (Lipinski definition) is 4. The van der Waals surface area contributed by atoms with Crippen molar-refractivity contribution in [3.63, 3.8) is 0 Å². The Kier molecular flexibility index (Phi) is 3.97. The first-order valence-electron chi connectivity index (χ1n) is 6.76. The molecule has 1 aromatic rings. The fourth-order valence-electron chi connectivity index (χ4n) is 2.57. The van der Waals surface area contributed by atoms with E-state index < -0.39 is 0 Å². The van der Waals surface area contributed by atoms with Crippen molar-refractivity contribution in [3.8, 4) is 0 Å². The number of esters is 1. The number of nitrogens with zero attached hydrogens (tertiary/aromatic N) is 1. The van der Waals surface area contributed by atoms with Crippen LogP contribution >= 0.6 is 0 Å². The van der Waals surface area contributed by atoms with Crippen LogP contribution in [0.15, 0.2) is 11.8 Å². The molecule has 0 aromatic carbocycles. The number of H-pyrrole nitrogens is 1. The van der Waals surface area contributed by atoms with Gasteiger partial charge in [0.05, 0.1) is 17.9 Å². The highest BCUT2D eigenvalue weighted by Gasteiger charge is 2.30. The minimum absolute atomic E-state index is 0.0291. The minimum Gasteiger partial charge on any atom is -0.462 e. The molecule has 0 bridgehead atoms. The van der Waals surface area contributed by atoms with E-state index in [1.807, 2.05) is 25.2 Å². The molecule has 2 rings (SSSR count). The third-order valence-electron chi connectivity index (χ3n) is 3.35. The third kappa shape index (κ3) is 2.48. The van der Waals surface area contributed by atoms with Gasteiger partial charge in [0.2, 0.25) is 5.78 Å². The molecule has 1 aliphatic rings. The number of rotatable bonds is 3. The first kappa shape index (κ1) is 14.4. The largest absolute Gasteiger partial charge is 0.462 e. The summed E-state index contributed by atoms with van der Waals surface area (Å²) >= 11 is 0. The molecular weight excluding hydrogens is 256 g/mol. The standard InChI is InChI=1S/C15H20N2O3/c1-5-20-15(19)12-9(2)16-13-11(12)7-6-10(14(13)18)8-17(3)4/h8,16H,5-7H2,1-4H3/b10-8+. The third-order valence-corrected chi connectivity index (χ3v) is 3.35. The number of aryl methyl sites for hydroxylation is 1. The summed E-state index contributed by atoms with van der Waals surface area (Å²) in [6.45, 7) is 3.90. The number of ether oxygens (including phenoxy) is 1. The average molecular weight is 276 g/mol. The Bertz CT molecular complexity index is 582. The van der Waals surface area contributed by atoms with Gasteiger partial charge in [-0.3, -0.25) is 4.79 Å². The van der Waals surface area contributed by atoms with E-state index in [2.05, 4.69) is 4.98 Å². The van der Waals surface area contributed by atoms with Crippen LogP contribution in [0, 0.1) is 6.92 Å². The van der Waals surface area contributed by atoms with Crippen molar-refractivity contribution in [1.29, 1.82) is 0 Å². The van der Waals surface area contributed by atoms with Gasteiger partial charge in [-0.2, -0.15) is 0 Å².